The van der Waals surface area contributed by atoms with Gasteiger partial charge in [-0.25, -0.2) is 9.37 Å². The van der Waals surface area contributed by atoms with Gasteiger partial charge in [0.25, 0.3) is 0 Å². The number of hydrogen-bond donors (Lipinski definition) is 1. The molecule has 3 aromatic rings. The number of para-hydroxylation sites is 1. The molecule has 0 bridgehead atoms. The second-order valence-corrected chi connectivity index (χ2v) is 10.5. The number of aliphatic carboxylic acids is 1. The van der Waals surface area contributed by atoms with Crippen LogP contribution >= 0.6 is 23.1 Å². The smallest absolute Gasteiger partial charge is 0.319 e. The average Bonchev–Trinajstić information content (AvgIpc) is 3.21. The van der Waals surface area contributed by atoms with E-state index >= 15 is 0 Å². The van der Waals surface area contributed by atoms with Crippen LogP contribution < -0.4 is 4.90 Å². The monoisotopic (exact) mass is 474 g/mol. The van der Waals surface area contributed by atoms with Crippen LogP contribution in [0.1, 0.15) is 25.1 Å². The van der Waals surface area contributed by atoms with Crippen LogP contribution in [-0.4, -0.2) is 40.5 Å². The number of halogens is 1. The van der Waals surface area contributed by atoms with Crippen LogP contribution in [0.4, 0.5) is 10.1 Å². The molecule has 170 valence electrons. The normalized spacial score (nSPS) is 11.5. The maximum absolute atomic E-state index is 14.5. The third-order valence-corrected chi connectivity index (χ3v) is 7.01. The van der Waals surface area contributed by atoms with Crippen LogP contribution in [0.25, 0.3) is 0 Å². The van der Waals surface area contributed by atoms with E-state index in [9.17, 15) is 14.3 Å². The maximum atomic E-state index is 14.5. The van der Waals surface area contributed by atoms with E-state index in [2.05, 4.69) is 4.98 Å². The Labute approximate surface area is 196 Å². The predicted octanol–water partition coefficient (Wildman–Crippen LogP) is 5.50. The molecule has 0 unspecified atom stereocenters. The average molecular weight is 475 g/mol. The molecule has 3 rings (SSSR count). The first-order valence-corrected chi connectivity index (χ1v) is 12.0. The lowest BCUT2D eigenvalue weighted by atomic mass is 10.2. The molecule has 0 amide bonds. The molecular formula is C24H27FN2O3S2. The van der Waals surface area contributed by atoms with E-state index < -0.39 is 10.7 Å². The van der Waals surface area contributed by atoms with Crippen LogP contribution in [0.15, 0.2) is 64.3 Å². The van der Waals surface area contributed by atoms with Gasteiger partial charge in [0.2, 0.25) is 0 Å². The van der Waals surface area contributed by atoms with E-state index in [1.165, 1.54) is 29.2 Å². The molecular weight excluding hydrogens is 447 g/mol. The van der Waals surface area contributed by atoms with E-state index in [1.54, 1.807) is 26.0 Å². The molecule has 8 heteroatoms. The van der Waals surface area contributed by atoms with Crippen LogP contribution in [0, 0.1) is 5.82 Å². The molecule has 1 N–H and O–H groups in total. The van der Waals surface area contributed by atoms with Crippen molar-refractivity contribution < 1.29 is 19.0 Å². The first-order valence-electron chi connectivity index (χ1n) is 10.3. The van der Waals surface area contributed by atoms with Crippen molar-refractivity contribution in [2.24, 2.45) is 0 Å². The molecule has 0 fully saturated rings. The number of anilines is 1. The molecule has 0 radical (unpaired) electrons. The van der Waals surface area contributed by atoms with Gasteiger partial charge in [-0.05, 0) is 31.5 Å². The highest BCUT2D eigenvalue weighted by Gasteiger charge is 2.29. The van der Waals surface area contributed by atoms with Gasteiger partial charge in [0.05, 0.1) is 24.6 Å². The van der Waals surface area contributed by atoms with Crippen LogP contribution in [-0.2, 0) is 22.6 Å². The van der Waals surface area contributed by atoms with Gasteiger partial charge in [-0.15, -0.1) is 11.3 Å². The van der Waals surface area contributed by atoms with Gasteiger partial charge >= 0.3 is 5.97 Å². The Balaban J connectivity index is 1.59. The van der Waals surface area contributed by atoms with Gasteiger partial charge in [-0.1, -0.05) is 54.2 Å². The molecule has 0 aliphatic rings. The van der Waals surface area contributed by atoms with E-state index in [1.807, 2.05) is 46.7 Å². The van der Waals surface area contributed by atoms with Crippen molar-refractivity contribution in [2.45, 2.75) is 36.0 Å². The summed E-state index contributed by atoms with van der Waals surface area (Å²) in [5.74, 6) is -1.14. The number of aromatic nitrogens is 1. The molecule has 0 atom stereocenters. The SMILES string of the molecule is CC(C)(Sc1nc(CCN(CCOCc2ccccc2)c2ccccc2F)cs1)C(=O)O. The number of thioether (sulfide) groups is 1. The number of carbonyl (C=O) groups is 1. The largest absolute Gasteiger partial charge is 0.480 e. The Hall–Kier alpha value is -2.42. The van der Waals surface area contributed by atoms with E-state index in [-0.39, 0.29) is 5.82 Å². The summed E-state index contributed by atoms with van der Waals surface area (Å²) in [6.45, 7) is 5.43. The van der Waals surface area contributed by atoms with Gasteiger partial charge in [0.15, 0.2) is 4.34 Å². The summed E-state index contributed by atoms with van der Waals surface area (Å²) in [6, 6.07) is 16.7. The summed E-state index contributed by atoms with van der Waals surface area (Å²) in [6.07, 6.45) is 0.623. The zero-order valence-electron chi connectivity index (χ0n) is 18.2. The number of carboxylic acid groups (broad SMARTS) is 1. The van der Waals surface area contributed by atoms with Crippen molar-refractivity contribution >= 4 is 34.8 Å². The second kappa shape index (κ2) is 11.4. The van der Waals surface area contributed by atoms with Gasteiger partial charge < -0.3 is 14.7 Å². The number of hydrogen-bond acceptors (Lipinski definition) is 6. The Morgan fingerprint density at radius 3 is 2.59 bits per heavy atom. The lowest BCUT2D eigenvalue weighted by molar-refractivity contribution is -0.138. The van der Waals surface area contributed by atoms with Crippen molar-refractivity contribution in [3.63, 3.8) is 0 Å². The Bertz CT molecular complexity index is 1010. The number of ether oxygens (including phenoxy) is 1. The molecule has 5 nitrogen and oxygen atoms in total. The van der Waals surface area contributed by atoms with E-state index in [4.69, 9.17) is 4.74 Å². The summed E-state index contributed by atoms with van der Waals surface area (Å²) < 4.78 is 20.0. The molecule has 0 spiro atoms. The molecule has 1 aromatic heterocycles. The molecule has 1 heterocycles. The van der Waals surface area contributed by atoms with Gasteiger partial charge in [0.1, 0.15) is 10.6 Å². The first kappa shape index (κ1) is 24.2. The number of rotatable bonds is 12. The molecule has 0 aliphatic carbocycles. The third-order valence-electron chi connectivity index (χ3n) is 4.84. The summed E-state index contributed by atoms with van der Waals surface area (Å²) in [5, 5.41) is 11.3. The minimum absolute atomic E-state index is 0.270. The standard InChI is InChI=1S/C24H27FN2O3S2/c1-24(2,22(28)29)32-23-26-19(17-31-23)12-13-27(21-11-7-6-10-20(21)25)14-15-30-16-18-8-4-3-5-9-18/h3-11,17H,12-16H2,1-2H3,(H,28,29). The minimum atomic E-state index is -0.940. The Morgan fingerprint density at radius 2 is 1.88 bits per heavy atom. The topological polar surface area (TPSA) is 62.7 Å². The molecule has 0 saturated carbocycles. The highest BCUT2D eigenvalue weighted by atomic mass is 32.2. The van der Waals surface area contributed by atoms with Crippen molar-refractivity contribution in [1.82, 2.24) is 4.98 Å². The molecule has 0 saturated heterocycles. The van der Waals surface area contributed by atoms with Crippen molar-refractivity contribution in [1.29, 1.82) is 0 Å². The minimum Gasteiger partial charge on any atom is -0.480 e. The van der Waals surface area contributed by atoms with Crippen LogP contribution in [0.2, 0.25) is 0 Å². The zero-order chi connectivity index (χ0) is 23.0. The highest BCUT2D eigenvalue weighted by molar-refractivity contribution is 8.02. The summed E-state index contributed by atoms with van der Waals surface area (Å²) in [7, 11) is 0. The summed E-state index contributed by atoms with van der Waals surface area (Å²) in [4.78, 5) is 17.9. The lowest BCUT2D eigenvalue weighted by Gasteiger charge is -2.25. The van der Waals surface area contributed by atoms with Crippen molar-refractivity contribution in [3.05, 3.63) is 77.1 Å². The molecule has 32 heavy (non-hydrogen) atoms. The quantitative estimate of drug-likeness (QED) is 0.276. The van der Waals surface area contributed by atoms with Crippen molar-refractivity contribution in [3.8, 4) is 0 Å². The van der Waals surface area contributed by atoms with E-state index in [0.29, 0.717) is 38.4 Å². The van der Waals surface area contributed by atoms with Gasteiger partial charge in [-0.3, -0.25) is 4.79 Å². The molecule has 0 aliphatic heterocycles. The van der Waals surface area contributed by atoms with Gasteiger partial charge in [0, 0.05) is 24.9 Å². The van der Waals surface area contributed by atoms with Crippen LogP contribution in [0.5, 0.6) is 0 Å². The summed E-state index contributed by atoms with van der Waals surface area (Å²) in [5.41, 5.74) is 2.50. The maximum Gasteiger partial charge on any atom is 0.319 e. The summed E-state index contributed by atoms with van der Waals surface area (Å²) >= 11 is 2.67. The fourth-order valence-corrected chi connectivity index (χ4v) is 5.19. The zero-order valence-corrected chi connectivity index (χ0v) is 19.8. The second-order valence-electron chi connectivity index (χ2n) is 7.75. The Kier molecular flexibility index (Phi) is 8.67. The van der Waals surface area contributed by atoms with Gasteiger partial charge in [-0.2, -0.15) is 0 Å². The number of thiazole rings is 1. The predicted molar refractivity (Wildman–Crippen MR) is 128 cm³/mol. The lowest BCUT2D eigenvalue weighted by Crippen LogP contribution is -2.30. The fourth-order valence-electron chi connectivity index (χ4n) is 2.96. The van der Waals surface area contributed by atoms with Crippen molar-refractivity contribution in [2.75, 3.05) is 24.6 Å². The first-order chi connectivity index (χ1) is 15.3. The Morgan fingerprint density at radius 1 is 1.16 bits per heavy atom. The number of carboxylic acids is 1. The fraction of sp³-hybridized carbons (Fsp3) is 0.333. The van der Waals surface area contributed by atoms with Crippen LogP contribution in [0.3, 0.4) is 0 Å². The molecule has 2 aromatic carbocycles. The highest BCUT2D eigenvalue weighted by Crippen LogP contribution is 2.34. The van der Waals surface area contributed by atoms with E-state index in [0.717, 1.165) is 15.6 Å². The number of benzene rings is 2. The number of nitrogens with zero attached hydrogens (tertiary/aromatic N) is 2. The third kappa shape index (κ3) is 7.05.